The molecule has 0 aromatic rings. The highest BCUT2D eigenvalue weighted by atomic mass is 17.5. The maximum Gasteiger partial charge on any atom is 0.152 e. The number of hydrogen-bond donors (Lipinski definition) is 4. The molecule has 1 rings (SSSR count). The molecular formula is C16H31N3O7. The average molecular weight is 377 g/mol. The summed E-state index contributed by atoms with van der Waals surface area (Å²) in [6.07, 6.45) is 1.72. The van der Waals surface area contributed by atoms with Gasteiger partial charge in [0.15, 0.2) is 5.78 Å². The zero-order valence-corrected chi connectivity index (χ0v) is 15.8. The van der Waals surface area contributed by atoms with Crippen LogP contribution in [0.1, 0.15) is 40.5 Å². The van der Waals surface area contributed by atoms with E-state index in [1.165, 1.54) is 0 Å². The molecule has 5 N–H and O–H groups in total. The summed E-state index contributed by atoms with van der Waals surface area (Å²) in [5.41, 5.74) is 6.35. The molecule has 0 spiro atoms. The van der Waals surface area contributed by atoms with Crippen LogP contribution in [0.5, 0.6) is 0 Å². The van der Waals surface area contributed by atoms with Gasteiger partial charge in [-0.2, -0.15) is 0 Å². The van der Waals surface area contributed by atoms with E-state index in [-0.39, 0.29) is 42.9 Å². The third-order valence-corrected chi connectivity index (χ3v) is 4.35. The fourth-order valence-corrected chi connectivity index (χ4v) is 3.05. The van der Waals surface area contributed by atoms with Crippen LogP contribution >= 0.6 is 0 Å². The molecule has 10 nitrogen and oxygen atoms in total. The normalized spacial score (nSPS) is 23.0. The molecule has 0 aliphatic carbocycles. The van der Waals surface area contributed by atoms with Crippen molar-refractivity contribution in [2.24, 2.45) is 11.7 Å². The van der Waals surface area contributed by atoms with Crippen molar-refractivity contribution in [2.45, 2.75) is 64.8 Å². The van der Waals surface area contributed by atoms with Crippen LogP contribution in [0.4, 0.5) is 0 Å². The molecule has 26 heavy (non-hydrogen) atoms. The molecule has 152 valence electrons. The van der Waals surface area contributed by atoms with Crippen molar-refractivity contribution in [3.8, 4) is 0 Å². The summed E-state index contributed by atoms with van der Waals surface area (Å²) in [4.78, 5) is 23.5. The highest BCUT2D eigenvalue weighted by Crippen LogP contribution is 2.24. The van der Waals surface area contributed by atoms with E-state index in [0.717, 1.165) is 6.54 Å². The predicted octanol–water partition coefficient (Wildman–Crippen LogP) is 1.05. The smallest absolute Gasteiger partial charge is 0.152 e. The van der Waals surface area contributed by atoms with Crippen molar-refractivity contribution >= 4 is 5.78 Å². The Bertz CT molecular complexity index is 459. The lowest BCUT2D eigenvalue weighted by molar-refractivity contribution is -0.532. The molecule has 0 aromatic heterocycles. The number of hydrogen-bond acceptors (Lipinski definition) is 10. The van der Waals surface area contributed by atoms with Crippen molar-refractivity contribution in [3.63, 3.8) is 0 Å². The minimum Gasteiger partial charge on any atom is -0.401 e. The summed E-state index contributed by atoms with van der Waals surface area (Å²) in [6.45, 7) is 8.52. The molecule has 0 amide bonds. The lowest BCUT2D eigenvalue weighted by Crippen LogP contribution is -2.42. The quantitative estimate of drug-likeness (QED) is 0.289. The first kappa shape index (κ1) is 22.8. The Morgan fingerprint density at radius 2 is 2.00 bits per heavy atom. The van der Waals surface area contributed by atoms with Crippen LogP contribution in [0.25, 0.3) is 0 Å². The SMILES string of the molecule is CC(C)C(=O)[C@@H]1CC(N/C=C(\N)CC(COOO)OOO)CN1C(C)C. The lowest BCUT2D eigenvalue weighted by atomic mass is 9.98. The monoisotopic (exact) mass is 377 g/mol. The van der Waals surface area contributed by atoms with Gasteiger partial charge in [0.25, 0.3) is 0 Å². The van der Waals surface area contributed by atoms with Gasteiger partial charge in [-0.1, -0.05) is 23.9 Å². The van der Waals surface area contributed by atoms with E-state index in [4.69, 9.17) is 16.2 Å². The molecule has 0 saturated carbocycles. The number of nitrogens with zero attached hydrogens (tertiary/aromatic N) is 1. The van der Waals surface area contributed by atoms with Gasteiger partial charge in [0.1, 0.15) is 12.7 Å². The van der Waals surface area contributed by atoms with Gasteiger partial charge in [0.05, 0.1) is 6.04 Å². The van der Waals surface area contributed by atoms with E-state index in [2.05, 4.69) is 43.9 Å². The molecule has 0 radical (unpaired) electrons. The minimum absolute atomic E-state index is 0.00857. The Balaban J connectivity index is 2.61. The van der Waals surface area contributed by atoms with Crippen LogP contribution < -0.4 is 11.1 Å². The zero-order chi connectivity index (χ0) is 19.7. The molecule has 10 heteroatoms. The van der Waals surface area contributed by atoms with Crippen molar-refractivity contribution < 1.29 is 35.2 Å². The molecule has 1 saturated heterocycles. The van der Waals surface area contributed by atoms with E-state index in [1.807, 2.05) is 13.8 Å². The first-order valence-electron chi connectivity index (χ1n) is 8.70. The van der Waals surface area contributed by atoms with Crippen LogP contribution in [0.15, 0.2) is 11.9 Å². The molecule has 0 bridgehead atoms. The topological polar surface area (TPSA) is 136 Å². The van der Waals surface area contributed by atoms with Crippen LogP contribution in [0.2, 0.25) is 0 Å². The first-order chi connectivity index (χ1) is 12.3. The van der Waals surface area contributed by atoms with Gasteiger partial charge >= 0.3 is 0 Å². The standard InChI is InChI=1S/C16H31N3O7/c1-10(2)16(20)15-6-13(8-19(15)11(3)4)18-7-12(17)5-14(24-26-22)9-23-25-21/h7,10-11,13-15,18,21-22H,5-6,8-9,17H2,1-4H3/b12-7-/t13?,14?,15-/m0/s1. The second kappa shape index (κ2) is 11.4. The maximum absolute atomic E-state index is 12.5. The van der Waals surface area contributed by atoms with E-state index in [9.17, 15) is 4.79 Å². The second-order valence-corrected chi connectivity index (χ2v) is 7.04. The first-order valence-corrected chi connectivity index (χ1v) is 8.70. The number of rotatable bonds is 12. The number of carbonyl (C=O) groups excluding carboxylic acids is 1. The Labute approximate surface area is 153 Å². The number of nitrogens with one attached hydrogen (secondary N) is 1. The minimum atomic E-state index is -0.781. The van der Waals surface area contributed by atoms with E-state index < -0.39 is 6.10 Å². The number of likely N-dealkylation sites (tertiary alicyclic amines) is 1. The number of carbonyl (C=O) groups is 1. The Kier molecular flexibility index (Phi) is 10.0. The molecule has 0 aromatic carbocycles. The highest BCUT2D eigenvalue weighted by molar-refractivity contribution is 5.86. The largest absolute Gasteiger partial charge is 0.401 e. The summed E-state index contributed by atoms with van der Waals surface area (Å²) in [5, 5.41) is 26.9. The fraction of sp³-hybridized carbons (Fsp3) is 0.812. The summed E-state index contributed by atoms with van der Waals surface area (Å²) >= 11 is 0. The molecule has 1 fully saturated rings. The summed E-state index contributed by atoms with van der Waals surface area (Å²) < 4.78 is 0. The van der Waals surface area contributed by atoms with Crippen molar-refractivity contribution in [2.75, 3.05) is 13.2 Å². The molecular weight excluding hydrogens is 346 g/mol. The van der Waals surface area contributed by atoms with Crippen LogP contribution in [-0.2, 0) is 24.6 Å². The molecule has 2 unspecified atom stereocenters. The van der Waals surface area contributed by atoms with E-state index in [1.54, 1.807) is 6.20 Å². The Morgan fingerprint density at radius 3 is 2.54 bits per heavy atom. The highest BCUT2D eigenvalue weighted by Gasteiger charge is 2.38. The van der Waals surface area contributed by atoms with Crippen LogP contribution in [0.3, 0.4) is 0 Å². The number of Topliss-reactive ketones (excluding diaryl/α,β-unsaturated/α-hetero) is 1. The Hall–Kier alpha value is -1.27. The molecule has 1 aliphatic rings. The molecule has 3 atom stereocenters. The third kappa shape index (κ3) is 7.16. The van der Waals surface area contributed by atoms with E-state index >= 15 is 0 Å². The van der Waals surface area contributed by atoms with Crippen molar-refractivity contribution in [3.05, 3.63) is 11.9 Å². The van der Waals surface area contributed by atoms with Gasteiger partial charge in [-0.15, -0.1) is 0 Å². The van der Waals surface area contributed by atoms with Gasteiger partial charge in [-0.25, -0.2) is 20.3 Å². The van der Waals surface area contributed by atoms with Gasteiger partial charge in [0, 0.05) is 42.9 Å². The maximum atomic E-state index is 12.5. The summed E-state index contributed by atoms with van der Waals surface area (Å²) in [7, 11) is 0. The van der Waals surface area contributed by atoms with Gasteiger partial charge < -0.3 is 11.1 Å². The second-order valence-electron chi connectivity index (χ2n) is 7.04. The summed E-state index contributed by atoms with van der Waals surface area (Å²) in [6, 6.07) is 0.260. The van der Waals surface area contributed by atoms with Gasteiger partial charge in [-0.3, -0.25) is 9.69 Å². The average Bonchev–Trinajstić information content (AvgIpc) is 3.01. The number of nitrogens with two attached hydrogens (primary N) is 1. The zero-order valence-electron chi connectivity index (χ0n) is 15.8. The van der Waals surface area contributed by atoms with Crippen LogP contribution in [-0.4, -0.2) is 58.6 Å². The fourth-order valence-electron chi connectivity index (χ4n) is 3.05. The lowest BCUT2D eigenvalue weighted by Gasteiger charge is -2.28. The van der Waals surface area contributed by atoms with Gasteiger partial charge in [0.2, 0.25) is 0 Å². The van der Waals surface area contributed by atoms with E-state index in [0.29, 0.717) is 12.1 Å². The molecule has 1 aliphatic heterocycles. The number of ketones is 1. The van der Waals surface area contributed by atoms with Gasteiger partial charge in [-0.05, 0) is 20.3 Å². The third-order valence-electron chi connectivity index (χ3n) is 4.35. The van der Waals surface area contributed by atoms with Crippen LogP contribution in [0, 0.1) is 5.92 Å². The van der Waals surface area contributed by atoms with Crippen molar-refractivity contribution in [1.82, 2.24) is 10.2 Å². The predicted molar refractivity (Wildman–Crippen MR) is 92.2 cm³/mol. The van der Waals surface area contributed by atoms with Crippen molar-refractivity contribution in [1.29, 1.82) is 0 Å². The Morgan fingerprint density at radius 1 is 1.31 bits per heavy atom. The summed E-state index contributed by atoms with van der Waals surface area (Å²) in [5.74, 6) is 0.236. The molecule has 1 heterocycles.